The Morgan fingerprint density at radius 2 is 2.00 bits per heavy atom. The quantitative estimate of drug-likeness (QED) is 0.501. The Kier molecular flexibility index (Phi) is 3.11. The summed E-state index contributed by atoms with van der Waals surface area (Å²) in [5.74, 6) is -0.547. The van der Waals surface area contributed by atoms with Gasteiger partial charge in [0.1, 0.15) is 10.8 Å². The van der Waals surface area contributed by atoms with Crippen molar-refractivity contribution in [2.45, 2.75) is 6.92 Å². The number of carbonyl (C=O) groups is 1. The van der Waals surface area contributed by atoms with E-state index in [9.17, 15) is 14.4 Å². The van der Waals surface area contributed by atoms with E-state index in [0.717, 1.165) is 0 Å². The molecule has 0 aliphatic carbocycles. The van der Waals surface area contributed by atoms with Crippen molar-refractivity contribution in [2.24, 2.45) is 0 Å². The Labute approximate surface area is 89.0 Å². The fourth-order valence-corrected chi connectivity index (χ4v) is 1.01. The minimum Gasteiger partial charge on any atom is -0.315 e. The Balaban J connectivity index is 3.17. The van der Waals surface area contributed by atoms with E-state index in [0.29, 0.717) is 0 Å². The largest absolute Gasteiger partial charge is 0.326 e. The number of hydrogen-bond acceptors (Lipinski definition) is 3. The van der Waals surface area contributed by atoms with Gasteiger partial charge in [0.15, 0.2) is 0 Å². The number of amides is 1. The predicted octanol–water partition coefficient (Wildman–Crippen LogP) is 0.231. The van der Waals surface area contributed by atoms with Crippen molar-refractivity contribution in [3.63, 3.8) is 0 Å². The molecule has 1 amide bonds. The highest BCUT2D eigenvalue weighted by atomic mass is 35.5. The van der Waals surface area contributed by atoms with Gasteiger partial charge in [0.25, 0.3) is 11.5 Å². The van der Waals surface area contributed by atoms with Crippen molar-refractivity contribution in [3.05, 3.63) is 38.1 Å². The summed E-state index contributed by atoms with van der Waals surface area (Å²) in [5, 5.41) is 2.00. The fraction of sp³-hybridized carbons (Fsp3) is 0.125. The van der Waals surface area contributed by atoms with Gasteiger partial charge in [0, 0.05) is 5.57 Å². The molecule has 80 valence electrons. The molecule has 0 saturated carbocycles. The van der Waals surface area contributed by atoms with E-state index >= 15 is 0 Å². The minimum absolute atomic E-state index is 0.204. The topological polar surface area (TPSA) is 94.8 Å². The van der Waals surface area contributed by atoms with Crippen LogP contribution in [0.4, 0.5) is 5.69 Å². The number of rotatable bonds is 2. The zero-order valence-corrected chi connectivity index (χ0v) is 8.57. The predicted molar refractivity (Wildman–Crippen MR) is 56.1 cm³/mol. The van der Waals surface area contributed by atoms with E-state index in [1.165, 1.54) is 6.92 Å². The Morgan fingerprint density at radius 3 is 2.47 bits per heavy atom. The molecule has 1 aromatic rings. The molecule has 0 unspecified atom stereocenters. The van der Waals surface area contributed by atoms with Crippen molar-refractivity contribution in [1.29, 1.82) is 0 Å². The third kappa shape index (κ3) is 2.57. The number of H-pyrrole nitrogens is 2. The second kappa shape index (κ2) is 4.14. The third-order valence-electron chi connectivity index (χ3n) is 1.52. The lowest BCUT2D eigenvalue weighted by molar-refractivity contribution is -0.112. The van der Waals surface area contributed by atoms with Crippen LogP contribution in [0.15, 0.2) is 21.7 Å². The van der Waals surface area contributed by atoms with Gasteiger partial charge in [0.2, 0.25) is 0 Å². The van der Waals surface area contributed by atoms with Crippen LogP contribution in [-0.2, 0) is 4.79 Å². The molecule has 3 N–H and O–H groups in total. The van der Waals surface area contributed by atoms with Gasteiger partial charge in [-0.1, -0.05) is 18.2 Å². The first-order chi connectivity index (χ1) is 6.91. The van der Waals surface area contributed by atoms with E-state index in [1.54, 1.807) is 0 Å². The third-order valence-corrected chi connectivity index (χ3v) is 1.81. The van der Waals surface area contributed by atoms with Gasteiger partial charge >= 0.3 is 5.69 Å². The van der Waals surface area contributed by atoms with Gasteiger partial charge in [-0.3, -0.25) is 19.6 Å². The molecule has 0 fully saturated rings. The lowest BCUT2D eigenvalue weighted by Gasteiger charge is -2.04. The van der Waals surface area contributed by atoms with Crippen LogP contribution in [0.3, 0.4) is 0 Å². The molecule has 0 aliphatic rings. The van der Waals surface area contributed by atoms with Crippen LogP contribution in [-0.4, -0.2) is 15.9 Å². The SMILES string of the molecule is C=C(C)C(=O)Nc1c(Cl)[nH]c(=O)[nH]c1=O. The van der Waals surface area contributed by atoms with Crippen molar-refractivity contribution < 1.29 is 4.79 Å². The Hall–Kier alpha value is -1.82. The van der Waals surface area contributed by atoms with Gasteiger partial charge in [-0.15, -0.1) is 0 Å². The maximum absolute atomic E-state index is 11.2. The van der Waals surface area contributed by atoms with E-state index in [-0.39, 0.29) is 16.4 Å². The summed E-state index contributed by atoms with van der Waals surface area (Å²) in [5.41, 5.74) is -1.49. The molecule has 0 aliphatic heterocycles. The molecule has 7 heteroatoms. The second-order valence-corrected chi connectivity index (χ2v) is 3.21. The lowest BCUT2D eigenvalue weighted by Crippen LogP contribution is -2.27. The first kappa shape index (κ1) is 11.3. The molecule has 0 radical (unpaired) electrons. The normalized spacial score (nSPS) is 9.73. The molecule has 0 aromatic carbocycles. The van der Waals surface area contributed by atoms with Gasteiger partial charge in [-0.05, 0) is 6.92 Å². The first-order valence-electron chi connectivity index (χ1n) is 3.90. The average Bonchev–Trinajstić information content (AvgIpc) is 2.10. The summed E-state index contributed by atoms with van der Waals surface area (Å²) in [4.78, 5) is 37.2. The number of nitrogens with one attached hydrogen (secondary N) is 3. The summed E-state index contributed by atoms with van der Waals surface area (Å²) in [6, 6.07) is 0. The zero-order chi connectivity index (χ0) is 11.6. The molecule has 0 saturated heterocycles. The van der Waals surface area contributed by atoms with Gasteiger partial charge in [-0.2, -0.15) is 0 Å². The highest BCUT2D eigenvalue weighted by molar-refractivity contribution is 6.32. The summed E-state index contributed by atoms with van der Waals surface area (Å²) < 4.78 is 0. The van der Waals surface area contributed by atoms with E-state index in [2.05, 4.69) is 16.9 Å². The molecule has 0 atom stereocenters. The maximum atomic E-state index is 11.2. The van der Waals surface area contributed by atoms with Crippen LogP contribution < -0.4 is 16.6 Å². The molecule has 0 spiro atoms. The molecular weight excluding hydrogens is 222 g/mol. The van der Waals surface area contributed by atoms with Crippen molar-refractivity contribution in [1.82, 2.24) is 9.97 Å². The van der Waals surface area contributed by atoms with Crippen LogP contribution in [0.5, 0.6) is 0 Å². The van der Waals surface area contributed by atoms with Crippen LogP contribution in [0, 0.1) is 0 Å². The standard InChI is InChI=1S/C8H8ClN3O3/c1-3(2)6(13)10-4-5(9)11-8(15)12-7(4)14/h1H2,2H3,(H,10,13)(H2,11,12,14,15). The number of halogens is 1. The molecule has 1 heterocycles. The number of aromatic nitrogens is 2. The zero-order valence-electron chi connectivity index (χ0n) is 7.81. The molecule has 0 bridgehead atoms. The van der Waals surface area contributed by atoms with Gasteiger partial charge in [-0.25, -0.2) is 4.79 Å². The number of carbonyl (C=O) groups excluding carboxylic acids is 1. The van der Waals surface area contributed by atoms with E-state index in [4.69, 9.17) is 11.6 Å². The van der Waals surface area contributed by atoms with Crippen LogP contribution in [0.1, 0.15) is 6.92 Å². The first-order valence-corrected chi connectivity index (χ1v) is 4.28. The van der Waals surface area contributed by atoms with Crippen molar-refractivity contribution >= 4 is 23.2 Å². The fourth-order valence-electron chi connectivity index (χ4n) is 0.791. The summed E-state index contributed by atoms with van der Waals surface area (Å²) in [7, 11) is 0. The van der Waals surface area contributed by atoms with Gasteiger partial charge in [0.05, 0.1) is 0 Å². The molecule has 1 aromatic heterocycles. The van der Waals surface area contributed by atoms with Crippen molar-refractivity contribution in [3.8, 4) is 0 Å². The Morgan fingerprint density at radius 1 is 1.40 bits per heavy atom. The summed E-state index contributed by atoms with van der Waals surface area (Å²) in [6.07, 6.45) is 0. The maximum Gasteiger partial charge on any atom is 0.326 e. The average molecular weight is 230 g/mol. The van der Waals surface area contributed by atoms with Crippen LogP contribution >= 0.6 is 11.6 Å². The summed E-state index contributed by atoms with van der Waals surface area (Å²) in [6.45, 7) is 4.86. The highest BCUT2D eigenvalue weighted by Gasteiger charge is 2.11. The van der Waals surface area contributed by atoms with E-state index in [1.807, 2.05) is 4.98 Å². The number of anilines is 1. The van der Waals surface area contributed by atoms with Gasteiger partial charge < -0.3 is 5.32 Å². The van der Waals surface area contributed by atoms with Crippen molar-refractivity contribution in [2.75, 3.05) is 5.32 Å². The number of aromatic amines is 2. The number of hydrogen-bond donors (Lipinski definition) is 3. The smallest absolute Gasteiger partial charge is 0.315 e. The monoisotopic (exact) mass is 229 g/mol. The lowest BCUT2D eigenvalue weighted by atomic mass is 10.3. The summed E-state index contributed by atoms with van der Waals surface area (Å²) >= 11 is 5.56. The van der Waals surface area contributed by atoms with Crippen LogP contribution in [0.2, 0.25) is 5.15 Å². The Bertz CT molecular complexity index is 529. The minimum atomic E-state index is -0.765. The van der Waals surface area contributed by atoms with E-state index < -0.39 is 17.2 Å². The molecule has 1 rings (SSSR count). The highest BCUT2D eigenvalue weighted by Crippen LogP contribution is 2.11. The molecular formula is C8H8ClN3O3. The second-order valence-electron chi connectivity index (χ2n) is 2.83. The molecule has 6 nitrogen and oxygen atoms in total. The molecule has 15 heavy (non-hydrogen) atoms. The van der Waals surface area contributed by atoms with Crippen LogP contribution in [0.25, 0.3) is 0 Å².